The van der Waals surface area contributed by atoms with Crippen LogP contribution >= 0.6 is 0 Å². The molecule has 0 aliphatic carbocycles. The number of methoxy groups -OCH3 is 1. The Morgan fingerprint density at radius 2 is 2.07 bits per heavy atom. The lowest BCUT2D eigenvalue weighted by Crippen LogP contribution is -2.22. The Hall–Kier alpha value is -2.71. The van der Waals surface area contributed by atoms with Crippen LogP contribution in [0.15, 0.2) is 30.6 Å². The molecular formula is C20H26N4O4. The lowest BCUT2D eigenvalue weighted by molar-refractivity contribution is 0.0639. The summed E-state index contributed by atoms with van der Waals surface area (Å²) in [7, 11) is 1.59. The third-order valence-corrected chi connectivity index (χ3v) is 4.72. The zero-order chi connectivity index (χ0) is 19.8. The first-order valence-electron chi connectivity index (χ1n) is 9.41. The fraction of sp³-hybridized carbons (Fsp3) is 0.450. The Labute approximate surface area is 164 Å². The molecule has 1 saturated heterocycles. The summed E-state index contributed by atoms with van der Waals surface area (Å²) < 4.78 is 16.5. The topological polar surface area (TPSA) is 109 Å². The first-order chi connectivity index (χ1) is 13.7. The summed E-state index contributed by atoms with van der Waals surface area (Å²) in [5, 5.41) is 3.48. The molecule has 1 fully saturated rings. The molecule has 8 heteroatoms. The summed E-state index contributed by atoms with van der Waals surface area (Å²) in [5.74, 6) is 1.50. The lowest BCUT2D eigenvalue weighted by atomic mass is 9.97. The number of rotatable bonds is 9. The fourth-order valence-electron chi connectivity index (χ4n) is 3.09. The number of ether oxygens (including phenoxy) is 3. The average molecular weight is 386 g/mol. The van der Waals surface area contributed by atoms with Crippen molar-refractivity contribution in [2.45, 2.75) is 25.8 Å². The molecular weight excluding hydrogens is 360 g/mol. The molecule has 28 heavy (non-hydrogen) atoms. The average Bonchev–Trinajstić information content (AvgIpc) is 2.73. The van der Waals surface area contributed by atoms with Gasteiger partial charge in [-0.25, -0.2) is 9.97 Å². The third-order valence-electron chi connectivity index (χ3n) is 4.72. The van der Waals surface area contributed by atoms with E-state index in [9.17, 15) is 4.79 Å². The Morgan fingerprint density at radius 1 is 1.25 bits per heavy atom. The molecule has 2 heterocycles. The van der Waals surface area contributed by atoms with Gasteiger partial charge in [-0.1, -0.05) is 6.07 Å². The second kappa shape index (κ2) is 10.0. The van der Waals surface area contributed by atoms with E-state index in [1.807, 2.05) is 18.2 Å². The molecule has 0 unspecified atom stereocenters. The first-order valence-corrected chi connectivity index (χ1v) is 9.41. The number of primary amides is 1. The van der Waals surface area contributed by atoms with Crippen LogP contribution in [0.25, 0.3) is 0 Å². The quantitative estimate of drug-likeness (QED) is 0.636. The minimum Gasteiger partial charge on any atom is -0.493 e. The predicted molar refractivity (Wildman–Crippen MR) is 103 cm³/mol. The first kappa shape index (κ1) is 20.0. The second-order valence-electron chi connectivity index (χ2n) is 6.71. The van der Waals surface area contributed by atoms with Gasteiger partial charge in [0.05, 0.1) is 19.5 Å². The van der Waals surface area contributed by atoms with Crippen LogP contribution in [0.3, 0.4) is 0 Å². The molecule has 0 radical (unpaired) electrons. The molecule has 1 aliphatic rings. The number of nitrogens with one attached hydrogen (secondary N) is 1. The van der Waals surface area contributed by atoms with Crippen LogP contribution in [0.1, 0.15) is 35.3 Å². The number of hydrogen-bond donors (Lipinski definition) is 2. The molecule has 1 amide bonds. The van der Waals surface area contributed by atoms with Crippen molar-refractivity contribution >= 4 is 5.91 Å². The maximum atomic E-state index is 11.1. The van der Waals surface area contributed by atoms with Crippen molar-refractivity contribution in [1.82, 2.24) is 15.3 Å². The van der Waals surface area contributed by atoms with E-state index >= 15 is 0 Å². The predicted octanol–water partition coefficient (Wildman–Crippen LogP) is 2.28. The van der Waals surface area contributed by atoms with Crippen LogP contribution < -0.4 is 20.5 Å². The number of carbonyl (C=O) groups is 1. The van der Waals surface area contributed by atoms with Gasteiger partial charge in [-0.05, 0) is 49.4 Å². The molecule has 150 valence electrons. The van der Waals surface area contributed by atoms with Gasteiger partial charge < -0.3 is 25.3 Å². The number of aromatic nitrogens is 2. The summed E-state index contributed by atoms with van der Waals surface area (Å²) in [6.45, 7) is 3.51. The third kappa shape index (κ3) is 5.64. The van der Waals surface area contributed by atoms with Gasteiger partial charge in [0.15, 0.2) is 11.5 Å². The van der Waals surface area contributed by atoms with Crippen molar-refractivity contribution in [3.63, 3.8) is 0 Å². The Morgan fingerprint density at radius 3 is 2.75 bits per heavy atom. The van der Waals surface area contributed by atoms with Crippen molar-refractivity contribution in [2.75, 3.05) is 26.9 Å². The van der Waals surface area contributed by atoms with Crippen LogP contribution in [0.4, 0.5) is 0 Å². The number of nitrogens with two attached hydrogens (primary N) is 1. The minimum absolute atomic E-state index is 0.0847. The van der Waals surface area contributed by atoms with Gasteiger partial charge in [0.2, 0.25) is 5.88 Å². The molecule has 0 bridgehead atoms. The highest BCUT2D eigenvalue weighted by atomic mass is 16.5. The Bertz CT molecular complexity index is 776. The SMILES string of the molecule is COc1cc(CNCCC2CCOCC2)ccc1Oc1cnc(C(N)=O)cn1. The molecule has 0 saturated carbocycles. The molecule has 1 aromatic heterocycles. The lowest BCUT2D eigenvalue weighted by Gasteiger charge is -2.22. The number of amides is 1. The summed E-state index contributed by atoms with van der Waals surface area (Å²) >= 11 is 0. The Kier molecular flexibility index (Phi) is 7.16. The molecule has 0 spiro atoms. The van der Waals surface area contributed by atoms with Gasteiger partial charge in [-0.3, -0.25) is 4.79 Å². The largest absolute Gasteiger partial charge is 0.493 e. The van der Waals surface area contributed by atoms with Crippen LogP contribution in [0.5, 0.6) is 17.4 Å². The van der Waals surface area contributed by atoms with Gasteiger partial charge in [0.25, 0.3) is 5.91 Å². The van der Waals surface area contributed by atoms with Crippen LogP contribution in [-0.4, -0.2) is 42.7 Å². The number of hydrogen-bond acceptors (Lipinski definition) is 7. The zero-order valence-corrected chi connectivity index (χ0v) is 16.0. The second-order valence-corrected chi connectivity index (χ2v) is 6.71. The van der Waals surface area contributed by atoms with E-state index in [2.05, 4.69) is 15.3 Å². The fourth-order valence-corrected chi connectivity index (χ4v) is 3.09. The zero-order valence-electron chi connectivity index (χ0n) is 16.0. The molecule has 1 aromatic carbocycles. The smallest absolute Gasteiger partial charge is 0.268 e. The molecule has 1 aliphatic heterocycles. The van der Waals surface area contributed by atoms with Gasteiger partial charge in [0.1, 0.15) is 5.69 Å². The van der Waals surface area contributed by atoms with E-state index in [0.717, 1.165) is 50.6 Å². The monoisotopic (exact) mass is 386 g/mol. The molecule has 2 aromatic rings. The maximum Gasteiger partial charge on any atom is 0.268 e. The van der Waals surface area contributed by atoms with Gasteiger partial charge >= 0.3 is 0 Å². The van der Waals surface area contributed by atoms with E-state index < -0.39 is 5.91 Å². The van der Waals surface area contributed by atoms with Crippen molar-refractivity contribution in [3.05, 3.63) is 41.9 Å². The highest BCUT2D eigenvalue weighted by molar-refractivity contribution is 5.90. The number of benzene rings is 1. The molecule has 3 rings (SSSR count). The van der Waals surface area contributed by atoms with Crippen molar-refractivity contribution < 1.29 is 19.0 Å². The normalized spacial score (nSPS) is 14.6. The van der Waals surface area contributed by atoms with Crippen LogP contribution in [0.2, 0.25) is 0 Å². The summed E-state index contributed by atoms with van der Waals surface area (Å²) in [6, 6.07) is 5.74. The van der Waals surface area contributed by atoms with E-state index in [0.29, 0.717) is 11.5 Å². The highest BCUT2D eigenvalue weighted by Crippen LogP contribution is 2.31. The van der Waals surface area contributed by atoms with Crippen molar-refractivity contribution in [1.29, 1.82) is 0 Å². The maximum absolute atomic E-state index is 11.1. The van der Waals surface area contributed by atoms with E-state index in [4.69, 9.17) is 19.9 Å². The Balaban J connectivity index is 1.53. The molecule has 3 N–H and O–H groups in total. The van der Waals surface area contributed by atoms with Crippen molar-refractivity contribution in [3.8, 4) is 17.4 Å². The summed E-state index contributed by atoms with van der Waals surface area (Å²) in [4.78, 5) is 19.0. The number of carbonyl (C=O) groups excluding carboxylic acids is 1. The number of nitrogens with zero attached hydrogens (tertiary/aromatic N) is 2. The molecule has 0 atom stereocenters. The van der Waals surface area contributed by atoms with E-state index in [1.165, 1.54) is 18.8 Å². The summed E-state index contributed by atoms with van der Waals surface area (Å²) in [5.41, 5.74) is 6.34. The van der Waals surface area contributed by atoms with Gasteiger partial charge in [0, 0.05) is 19.8 Å². The van der Waals surface area contributed by atoms with E-state index in [1.54, 1.807) is 7.11 Å². The van der Waals surface area contributed by atoms with Gasteiger partial charge in [-0.2, -0.15) is 0 Å². The van der Waals surface area contributed by atoms with E-state index in [-0.39, 0.29) is 11.6 Å². The molecule has 8 nitrogen and oxygen atoms in total. The highest BCUT2D eigenvalue weighted by Gasteiger charge is 2.13. The van der Waals surface area contributed by atoms with Crippen molar-refractivity contribution in [2.24, 2.45) is 11.7 Å². The standard InChI is InChI=1S/C20H26N4O4/c1-26-18-10-15(11-22-7-4-14-5-8-27-9-6-14)2-3-17(18)28-19-13-23-16(12-24-19)20(21)25/h2-3,10,12-14,22H,4-9,11H2,1H3,(H2,21,25). The minimum atomic E-state index is -0.634. The summed E-state index contributed by atoms with van der Waals surface area (Å²) in [6.07, 6.45) is 6.11. The van der Waals surface area contributed by atoms with Gasteiger partial charge in [-0.15, -0.1) is 0 Å². The van der Waals surface area contributed by atoms with Crippen LogP contribution in [-0.2, 0) is 11.3 Å². The van der Waals surface area contributed by atoms with Crippen LogP contribution in [0, 0.1) is 5.92 Å².